The SMILES string of the molecule is O=C(CSc1nnc(-c2cccnc2)n1-c1ccc(Br)cc1)NN=Cc1cccnc1. The molecule has 0 aliphatic carbocycles. The summed E-state index contributed by atoms with van der Waals surface area (Å²) in [6, 6.07) is 15.2. The largest absolute Gasteiger partial charge is 0.272 e. The summed E-state index contributed by atoms with van der Waals surface area (Å²) in [6.07, 6.45) is 8.31. The van der Waals surface area contributed by atoms with Crippen LogP contribution in [-0.2, 0) is 4.79 Å². The van der Waals surface area contributed by atoms with Crippen LogP contribution >= 0.6 is 27.7 Å². The van der Waals surface area contributed by atoms with Crippen LogP contribution in [0.2, 0.25) is 0 Å². The van der Waals surface area contributed by atoms with Crippen molar-refractivity contribution in [3.05, 3.63) is 83.4 Å². The Morgan fingerprint density at radius 1 is 1.06 bits per heavy atom. The summed E-state index contributed by atoms with van der Waals surface area (Å²) in [4.78, 5) is 20.4. The molecule has 0 unspecified atom stereocenters. The summed E-state index contributed by atoms with van der Waals surface area (Å²) < 4.78 is 2.87. The molecule has 3 heterocycles. The Bertz CT molecular complexity index is 1180. The molecule has 0 fully saturated rings. The molecule has 31 heavy (non-hydrogen) atoms. The molecule has 3 aromatic heterocycles. The Balaban J connectivity index is 1.51. The van der Waals surface area contributed by atoms with E-state index in [9.17, 15) is 4.79 Å². The van der Waals surface area contributed by atoms with Crippen molar-refractivity contribution in [2.45, 2.75) is 5.16 Å². The Labute approximate surface area is 191 Å². The maximum absolute atomic E-state index is 12.2. The molecule has 0 aliphatic heterocycles. The fourth-order valence-corrected chi connectivity index (χ4v) is 3.67. The summed E-state index contributed by atoms with van der Waals surface area (Å²) in [5.74, 6) is 0.526. The second-order valence-corrected chi connectivity index (χ2v) is 8.09. The zero-order valence-electron chi connectivity index (χ0n) is 16.1. The number of nitrogens with zero attached hydrogens (tertiary/aromatic N) is 6. The molecule has 0 atom stereocenters. The van der Waals surface area contributed by atoms with E-state index < -0.39 is 0 Å². The van der Waals surface area contributed by atoms with E-state index in [0.29, 0.717) is 11.0 Å². The van der Waals surface area contributed by atoms with Gasteiger partial charge in [0.05, 0.1) is 12.0 Å². The normalized spacial score (nSPS) is 11.0. The number of hydrogen-bond donors (Lipinski definition) is 1. The molecule has 1 aromatic carbocycles. The Morgan fingerprint density at radius 2 is 1.84 bits per heavy atom. The molecule has 0 radical (unpaired) electrons. The molecule has 4 rings (SSSR count). The number of benzene rings is 1. The maximum Gasteiger partial charge on any atom is 0.250 e. The Kier molecular flexibility index (Phi) is 6.80. The predicted octanol–water partition coefficient (Wildman–Crippen LogP) is 3.73. The fraction of sp³-hybridized carbons (Fsp3) is 0.0476. The highest BCUT2D eigenvalue weighted by Gasteiger charge is 2.17. The highest BCUT2D eigenvalue weighted by molar-refractivity contribution is 9.10. The van der Waals surface area contributed by atoms with Crippen LogP contribution in [-0.4, -0.2) is 42.6 Å². The van der Waals surface area contributed by atoms with Gasteiger partial charge < -0.3 is 0 Å². The first kappa shape index (κ1) is 20.9. The van der Waals surface area contributed by atoms with Gasteiger partial charge in [-0.25, -0.2) is 5.43 Å². The smallest absolute Gasteiger partial charge is 0.250 e. The first-order chi connectivity index (χ1) is 15.2. The van der Waals surface area contributed by atoms with E-state index in [1.54, 1.807) is 37.1 Å². The van der Waals surface area contributed by atoms with Crippen molar-refractivity contribution < 1.29 is 4.79 Å². The zero-order chi connectivity index (χ0) is 21.5. The van der Waals surface area contributed by atoms with Crippen LogP contribution in [0.3, 0.4) is 0 Å². The molecule has 154 valence electrons. The van der Waals surface area contributed by atoms with Crippen molar-refractivity contribution in [1.82, 2.24) is 30.2 Å². The minimum absolute atomic E-state index is 0.131. The van der Waals surface area contributed by atoms with Gasteiger partial charge >= 0.3 is 0 Å². The van der Waals surface area contributed by atoms with Gasteiger partial charge in [-0.3, -0.25) is 19.3 Å². The number of hydrazone groups is 1. The van der Waals surface area contributed by atoms with Gasteiger partial charge in [0.2, 0.25) is 0 Å². The van der Waals surface area contributed by atoms with E-state index in [1.165, 1.54) is 11.8 Å². The van der Waals surface area contributed by atoms with Gasteiger partial charge in [-0.15, -0.1) is 10.2 Å². The molecule has 0 aliphatic rings. The number of carbonyl (C=O) groups excluding carboxylic acids is 1. The third kappa shape index (κ3) is 5.41. The topological polar surface area (TPSA) is 98.0 Å². The standard InChI is InChI=1S/C21H16BrN7OS/c22-17-5-7-18(8-6-17)29-20(16-4-2-10-24-13-16)27-28-21(29)31-14-19(30)26-25-12-15-3-1-9-23-11-15/h1-13H,14H2,(H,26,30). The van der Waals surface area contributed by atoms with Crippen LogP contribution < -0.4 is 5.43 Å². The lowest BCUT2D eigenvalue weighted by molar-refractivity contribution is -0.118. The fourth-order valence-electron chi connectivity index (χ4n) is 2.66. The minimum Gasteiger partial charge on any atom is -0.272 e. The number of aromatic nitrogens is 5. The number of pyridine rings is 2. The van der Waals surface area contributed by atoms with Crippen molar-refractivity contribution in [2.75, 3.05) is 5.75 Å². The number of hydrogen-bond acceptors (Lipinski definition) is 7. The van der Waals surface area contributed by atoms with Crippen LogP contribution in [0.25, 0.3) is 17.1 Å². The predicted molar refractivity (Wildman–Crippen MR) is 123 cm³/mol. The average molecular weight is 494 g/mol. The first-order valence-corrected chi connectivity index (χ1v) is 10.9. The van der Waals surface area contributed by atoms with Crippen molar-refractivity contribution in [3.63, 3.8) is 0 Å². The molecule has 10 heteroatoms. The van der Waals surface area contributed by atoms with E-state index in [-0.39, 0.29) is 11.7 Å². The van der Waals surface area contributed by atoms with Gasteiger partial charge in [0.15, 0.2) is 11.0 Å². The zero-order valence-corrected chi connectivity index (χ0v) is 18.5. The van der Waals surface area contributed by atoms with Crippen molar-refractivity contribution in [1.29, 1.82) is 0 Å². The summed E-state index contributed by atoms with van der Waals surface area (Å²) in [5, 5.41) is 13.2. The Hall–Kier alpha value is -3.37. The lowest BCUT2D eigenvalue weighted by atomic mass is 10.2. The van der Waals surface area contributed by atoms with Gasteiger partial charge in [0.25, 0.3) is 5.91 Å². The number of rotatable bonds is 7. The molecular weight excluding hydrogens is 478 g/mol. The van der Waals surface area contributed by atoms with E-state index in [4.69, 9.17) is 0 Å². The number of halogens is 1. The average Bonchev–Trinajstić information content (AvgIpc) is 3.23. The minimum atomic E-state index is -0.251. The molecule has 4 aromatic rings. The van der Waals surface area contributed by atoms with Gasteiger partial charge in [-0.1, -0.05) is 33.8 Å². The third-order valence-electron chi connectivity index (χ3n) is 4.06. The number of nitrogens with one attached hydrogen (secondary N) is 1. The number of carbonyl (C=O) groups is 1. The van der Waals surface area contributed by atoms with Crippen LogP contribution in [0.15, 0.2) is 88.0 Å². The van der Waals surface area contributed by atoms with Crippen LogP contribution in [0.4, 0.5) is 0 Å². The van der Waals surface area contributed by atoms with Crippen molar-refractivity contribution in [2.24, 2.45) is 5.10 Å². The van der Waals surface area contributed by atoms with Gasteiger partial charge in [-0.2, -0.15) is 5.10 Å². The molecular formula is C21H16BrN7OS. The van der Waals surface area contributed by atoms with E-state index in [1.807, 2.05) is 47.0 Å². The van der Waals surface area contributed by atoms with E-state index in [2.05, 4.69) is 46.6 Å². The summed E-state index contributed by atoms with van der Waals surface area (Å²) in [5.41, 5.74) is 5.02. The Morgan fingerprint density at radius 3 is 2.55 bits per heavy atom. The molecule has 1 amide bonds. The molecule has 8 nitrogen and oxygen atoms in total. The van der Waals surface area contributed by atoms with Crippen LogP contribution in [0.1, 0.15) is 5.56 Å². The van der Waals surface area contributed by atoms with Crippen LogP contribution in [0, 0.1) is 0 Å². The summed E-state index contributed by atoms with van der Waals surface area (Å²) >= 11 is 4.73. The van der Waals surface area contributed by atoms with Gasteiger partial charge in [-0.05, 0) is 42.5 Å². The monoisotopic (exact) mass is 493 g/mol. The number of thioether (sulfide) groups is 1. The second-order valence-electron chi connectivity index (χ2n) is 6.23. The van der Waals surface area contributed by atoms with Gasteiger partial charge in [0, 0.05) is 46.1 Å². The molecule has 1 N–H and O–H groups in total. The summed E-state index contributed by atoms with van der Waals surface area (Å²) in [6.45, 7) is 0. The second kappa shape index (κ2) is 10.1. The quantitative estimate of drug-likeness (QED) is 0.239. The van der Waals surface area contributed by atoms with Crippen molar-refractivity contribution >= 4 is 39.8 Å². The highest BCUT2D eigenvalue weighted by Crippen LogP contribution is 2.28. The molecule has 0 saturated carbocycles. The van der Waals surface area contributed by atoms with Crippen LogP contribution in [0.5, 0.6) is 0 Å². The molecule has 0 saturated heterocycles. The number of amides is 1. The van der Waals surface area contributed by atoms with Crippen molar-refractivity contribution in [3.8, 4) is 17.1 Å². The highest BCUT2D eigenvalue weighted by atomic mass is 79.9. The molecule has 0 bridgehead atoms. The first-order valence-electron chi connectivity index (χ1n) is 9.17. The third-order valence-corrected chi connectivity index (χ3v) is 5.52. The lowest BCUT2D eigenvalue weighted by Crippen LogP contribution is -2.20. The molecule has 0 spiro atoms. The lowest BCUT2D eigenvalue weighted by Gasteiger charge is -2.10. The van der Waals surface area contributed by atoms with E-state index in [0.717, 1.165) is 21.3 Å². The maximum atomic E-state index is 12.2. The van der Waals surface area contributed by atoms with E-state index >= 15 is 0 Å². The van der Waals surface area contributed by atoms with Gasteiger partial charge in [0.1, 0.15) is 0 Å². The summed E-state index contributed by atoms with van der Waals surface area (Å²) in [7, 11) is 0.